The van der Waals surface area contributed by atoms with Crippen molar-refractivity contribution in [3.63, 3.8) is 0 Å². The molecule has 2 rings (SSSR count). The number of fused-ring (bicyclic) bond motifs is 1. The fraction of sp³-hybridized carbons (Fsp3) is 0.647. The summed E-state index contributed by atoms with van der Waals surface area (Å²) in [6.07, 6.45) is 4.60. The summed E-state index contributed by atoms with van der Waals surface area (Å²) in [7, 11) is 1.70. The predicted molar refractivity (Wildman–Crippen MR) is 82.1 cm³/mol. The Morgan fingerprint density at radius 1 is 1.40 bits per heavy atom. The second kappa shape index (κ2) is 7.09. The van der Waals surface area contributed by atoms with Gasteiger partial charge in [-0.2, -0.15) is 0 Å². The first-order valence-electron chi connectivity index (χ1n) is 7.69. The van der Waals surface area contributed by atoms with Crippen LogP contribution in [0.2, 0.25) is 0 Å². The topological polar surface area (TPSA) is 44.5 Å². The molecule has 1 aromatic carbocycles. The molecule has 3 atom stereocenters. The molecule has 0 heterocycles. The lowest BCUT2D eigenvalue weighted by Crippen LogP contribution is -2.34. The van der Waals surface area contributed by atoms with Gasteiger partial charge >= 0.3 is 0 Å². The Bertz CT molecular complexity index is 433. The smallest absolute Gasteiger partial charge is 0.119 e. The highest BCUT2D eigenvalue weighted by Gasteiger charge is 2.27. The zero-order valence-corrected chi connectivity index (χ0v) is 12.9. The van der Waals surface area contributed by atoms with Crippen LogP contribution in [-0.4, -0.2) is 19.8 Å². The monoisotopic (exact) mass is 277 g/mol. The number of benzene rings is 1. The highest BCUT2D eigenvalue weighted by atomic mass is 16.5. The van der Waals surface area contributed by atoms with E-state index in [1.807, 2.05) is 6.07 Å². The molecule has 112 valence electrons. The summed E-state index contributed by atoms with van der Waals surface area (Å²) < 4.78 is 11.3. The molecule has 0 amide bonds. The molecule has 0 saturated heterocycles. The Labute approximate surface area is 122 Å². The summed E-state index contributed by atoms with van der Waals surface area (Å²) in [5, 5.41) is 0. The normalized spacial score (nSPS) is 23.2. The third kappa shape index (κ3) is 3.53. The first-order chi connectivity index (χ1) is 9.65. The van der Waals surface area contributed by atoms with E-state index in [1.54, 1.807) is 7.11 Å². The Morgan fingerprint density at radius 2 is 2.20 bits per heavy atom. The van der Waals surface area contributed by atoms with Gasteiger partial charge in [0.05, 0.1) is 19.3 Å². The van der Waals surface area contributed by atoms with Crippen LogP contribution in [0.4, 0.5) is 0 Å². The first kappa shape index (κ1) is 15.3. The van der Waals surface area contributed by atoms with Crippen molar-refractivity contribution < 1.29 is 9.47 Å². The molecule has 0 aromatic heterocycles. The van der Waals surface area contributed by atoms with Crippen LogP contribution in [0.15, 0.2) is 18.2 Å². The van der Waals surface area contributed by atoms with Gasteiger partial charge in [0.2, 0.25) is 0 Å². The van der Waals surface area contributed by atoms with Gasteiger partial charge in [0.1, 0.15) is 5.75 Å². The van der Waals surface area contributed by atoms with Gasteiger partial charge in [-0.1, -0.05) is 26.3 Å². The van der Waals surface area contributed by atoms with Gasteiger partial charge in [-0.25, -0.2) is 0 Å². The van der Waals surface area contributed by atoms with Crippen LogP contribution in [0.3, 0.4) is 0 Å². The van der Waals surface area contributed by atoms with Crippen molar-refractivity contribution in [2.24, 2.45) is 11.7 Å². The van der Waals surface area contributed by atoms with Crippen LogP contribution in [0.5, 0.6) is 5.75 Å². The van der Waals surface area contributed by atoms with Gasteiger partial charge in [0.15, 0.2) is 0 Å². The molecule has 0 fully saturated rings. The molecule has 1 aromatic rings. The molecule has 1 aliphatic carbocycles. The molecule has 3 nitrogen and oxygen atoms in total. The van der Waals surface area contributed by atoms with E-state index in [-0.39, 0.29) is 12.1 Å². The summed E-state index contributed by atoms with van der Waals surface area (Å²) >= 11 is 0. The molecule has 3 unspecified atom stereocenters. The van der Waals surface area contributed by atoms with E-state index in [2.05, 4.69) is 26.0 Å². The average molecular weight is 277 g/mol. The summed E-state index contributed by atoms with van der Waals surface area (Å²) in [6, 6.07) is 6.16. The fourth-order valence-electron chi connectivity index (χ4n) is 2.98. The van der Waals surface area contributed by atoms with E-state index >= 15 is 0 Å². The summed E-state index contributed by atoms with van der Waals surface area (Å²) in [5.74, 6) is 1.52. The minimum Gasteiger partial charge on any atom is -0.497 e. The largest absolute Gasteiger partial charge is 0.497 e. The number of ether oxygens (including phenoxy) is 2. The van der Waals surface area contributed by atoms with Crippen molar-refractivity contribution in [1.82, 2.24) is 0 Å². The SMILES string of the molecule is CCCC(C)COC1CCc2cc(OC)ccc2C1N. The predicted octanol–water partition coefficient (Wildman–Crippen LogP) is 3.46. The van der Waals surface area contributed by atoms with Crippen LogP contribution in [0, 0.1) is 5.92 Å². The molecule has 0 spiro atoms. The van der Waals surface area contributed by atoms with Crippen molar-refractivity contribution in [3.8, 4) is 5.75 Å². The molecular formula is C17H27NO2. The van der Waals surface area contributed by atoms with Crippen LogP contribution in [0.25, 0.3) is 0 Å². The summed E-state index contributed by atoms with van der Waals surface area (Å²) in [4.78, 5) is 0. The molecule has 3 heteroatoms. The van der Waals surface area contributed by atoms with Crippen molar-refractivity contribution >= 4 is 0 Å². The lowest BCUT2D eigenvalue weighted by atomic mass is 9.86. The highest BCUT2D eigenvalue weighted by molar-refractivity contribution is 5.39. The van der Waals surface area contributed by atoms with Crippen molar-refractivity contribution in [3.05, 3.63) is 29.3 Å². The van der Waals surface area contributed by atoms with Gasteiger partial charge in [-0.05, 0) is 48.4 Å². The van der Waals surface area contributed by atoms with Gasteiger partial charge < -0.3 is 15.2 Å². The molecule has 20 heavy (non-hydrogen) atoms. The summed E-state index contributed by atoms with van der Waals surface area (Å²) in [6.45, 7) is 5.28. The Balaban J connectivity index is 1.98. The minimum absolute atomic E-state index is 0.0153. The van der Waals surface area contributed by atoms with E-state index < -0.39 is 0 Å². The number of hydrogen-bond acceptors (Lipinski definition) is 3. The van der Waals surface area contributed by atoms with E-state index in [1.165, 1.54) is 24.0 Å². The van der Waals surface area contributed by atoms with Crippen molar-refractivity contribution in [1.29, 1.82) is 0 Å². The van der Waals surface area contributed by atoms with Gasteiger partial charge in [0, 0.05) is 6.61 Å². The van der Waals surface area contributed by atoms with Gasteiger partial charge in [-0.3, -0.25) is 0 Å². The first-order valence-corrected chi connectivity index (χ1v) is 7.69. The zero-order chi connectivity index (χ0) is 14.5. The highest BCUT2D eigenvalue weighted by Crippen LogP contribution is 2.32. The average Bonchev–Trinajstić information content (AvgIpc) is 2.46. The number of aryl methyl sites for hydroxylation is 1. The Hall–Kier alpha value is -1.06. The molecule has 1 aliphatic rings. The molecule has 0 bridgehead atoms. The van der Waals surface area contributed by atoms with E-state index in [4.69, 9.17) is 15.2 Å². The maximum Gasteiger partial charge on any atom is 0.119 e. The van der Waals surface area contributed by atoms with Gasteiger partial charge in [-0.15, -0.1) is 0 Å². The van der Waals surface area contributed by atoms with E-state index in [0.717, 1.165) is 25.2 Å². The molecule has 0 radical (unpaired) electrons. The van der Waals surface area contributed by atoms with Crippen LogP contribution in [0.1, 0.15) is 50.3 Å². The number of hydrogen-bond donors (Lipinski definition) is 1. The fourth-order valence-corrected chi connectivity index (χ4v) is 2.98. The third-order valence-electron chi connectivity index (χ3n) is 4.18. The minimum atomic E-state index is -0.0153. The molecule has 2 N–H and O–H groups in total. The Morgan fingerprint density at radius 3 is 2.90 bits per heavy atom. The van der Waals surface area contributed by atoms with Crippen LogP contribution < -0.4 is 10.5 Å². The van der Waals surface area contributed by atoms with E-state index in [0.29, 0.717) is 5.92 Å². The lowest BCUT2D eigenvalue weighted by Gasteiger charge is -2.32. The Kier molecular flexibility index (Phi) is 5.44. The van der Waals surface area contributed by atoms with Crippen molar-refractivity contribution in [2.45, 2.75) is 51.7 Å². The standard InChI is InChI=1S/C17H27NO2/c1-4-5-12(2)11-20-16-9-6-13-10-14(19-3)7-8-15(13)17(16)18/h7-8,10,12,16-17H,4-6,9,11,18H2,1-3H3. The molecule has 0 saturated carbocycles. The maximum absolute atomic E-state index is 6.38. The summed E-state index contributed by atoms with van der Waals surface area (Å²) in [5.41, 5.74) is 8.89. The van der Waals surface area contributed by atoms with Gasteiger partial charge in [0.25, 0.3) is 0 Å². The second-order valence-electron chi connectivity index (χ2n) is 5.89. The number of methoxy groups -OCH3 is 1. The number of rotatable bonds is 6. The molecular weight excluding hydrogens is 250 g/mol. The third-order valence-corrected chi connectivity index (χ3v) is 4.18. The zero-order valence-electron chi connectivity index (χ0n) is 12.9. The quantitative estimate of drug-likeness (QED) is 0.866. The van der Waals surface area contributed by atoms with Crippen LogP contribution in [-0.2, 0) is 11.2 Å². The maximum atomic E-state index is 6.38. The second-order valence-corrected chi connectivity index (χ2v) is 5.89. The van der Waals surface area contributed by atoms with Crippen LogP contribution >= 0.6 is 0 Å². The van der Waals surface area contributed by atoms with Crippen molar-refractivity contribution in [2.75, 3.05) is 13.7 Å². The number of nitrogens with two attached hydrogens (primary N) is 1. The molecule has 0 aliphatic heterocycles. The lowest BCUT2D eigenvalue weighted by molar-refractivity contribution is 0.00617. The van der Waals surface area contributed by atoms with E-state index in [9.17, 15) is 0 Å².